The number of thiophene rings is 1. The zero-order chi connectivity index (χ0) is 14.5. The molecular weight excluding hydrogens is 320 g/mol. The van der Waals surface area contributed by atoms with E-state index in [0.29, 0.717) is 12.3 Å². The number of hydrogen-bond donors (Lipinski definition) is 0. The number of rotatable bonds is 5. The number of halogens is 3. The Balaban J connectivity index is 2.31. The molecule has 0 N–H and O–H groups in total. The Morgan fingerprint density at radius 3 is 2.85 bits per heavy atom. The van der Waals surface area contributed by atoms with Gasteiger partial charge in [0.05, 0.1) is 10.6 Å². The second-order valence-electron chi connectivity index (χ2n) is 4.02. The van der Waals surface area contributed by atoms with Gasteiger partial charge in [0.15, 0.2) is 0 Å². The molecule has 0 aliphatic heterocycles. The highest BCUT2D eigenvalue weighted by molar-refractivity contribution is 7.07. The molecule has 6 heteroatoms. The number of alkyl halides is 1. The molecule has 0 saturated carbocycles. The van der Waals surface area contributed by atoms with E-state index >= 15 is 0 Å². The zero-order valence-corrected chi connectivity index (χ0v) is 12.6. The Labute approximate surface area is 130 Å². The summed E-state index contributed by atoms with van der Waals surface area (Å²) in [5, 5.41) is 12.9. The average molecular weight is 330 g/mol. The topological polar surface area (TPSA) is 33.0 Å². The Morgan fingerprint density at radius 1 is 1.45 bits per heavy atom. The molecule has 0 unspecified atom stereocenters. The molecule has 1 atom stereocenters. The SMILES string of the molecule is N#Cc1cc(F)c(Cl)cc1O[C@H](CCCl)c1ccsc1. The first-order chi connectivity index (χ1) is 9.65. The predicted molar refractivity (Wildman–Crippen MR) is 79.2 cm³/mol. The third-order valence-electron chi connectivity index (χ3n) is 2.70. The van der Waals surface area contributed by atoms with Gasteiger partial charge in [0.2, 0.25) is 0 Å². The maximum atomic E-state index is 13.3. The quantitative estimate of drug-likeness (QED) is 0.709. The predicted octanol–water partition coefficient (Wildman–Crippen LogP) is 5.16. The minimum Gasteiger partial charge on any atom is -0.484 e. The lowest BCUT2D eigenvalue weighted by molar-refractivity contribution is 0.202. The van der Waals surface area contributed by atoms with Gasteiger partial charge in [-0.15, -0.1) is 11.6 Å². The Bertz CT molecular complexity index is 625. The highest BCUT2D eigenvalue weighted by atomic mass is 35.5. The van der Waals surface area contributed by atoms with Crippen LogP contribution in [0, 0.1) is 17.1 Å². The molecule has 0 fully saturated rings. The molecule has 0 bridgehead atoms. The summed E-state index contributed by atoms with van der Waals surface area (Å²) in [7, 11) is 0. The maximum Gasteiger partial charge on any atom is 0.143 e. The number of nitriles is 1. The van der Waals surface area contributed by atoms with Crippen LogP contribution >= 0.6 is 34.5 Å². The van der Waals surface area contributed by atoms with Gasteiger partial charge in [-0.1, -0.05) is 11.6 Å². The first kappa shape index (κ1) is 15.1. The van der Waals surface area contributed by atoms with Crippen molar-refractivity contribution >= 4 is 34.5 Å². The molecule has 1 aromatic heterocycles. The normalized spacial score (nSPS) is 11.9. The molecule has 1 heterocycles. The van der Waals surface area contributed by atoms with E-state index in [2.05, 4.69) is 0 Å². The zero-order valence-electron chi connectivity index (χ0n) is 10.3. The minimum absolute atomic E-state index is 0.0751. The fourth-order valence-electron chi connectivity index (χ4n) is 1.72. The molecule has 20 heavy (non-hydrogen) atoms. The van der Waals surface area contributed by atoms with E-state index in [1.807, 2.05) is 22.9 Å². The summed E-state index contributed by atoms with van der Waals surface area (Å²) >= 11 is 13.1. The van der Waals surface area contributed by atoms with E-state index in [1.165, 1.54) is 6.07 Å². The summed E-state index contributed by atoms with van der Waals surface area (Å²) in [5.74, 6) is 0.0392. The molecular formula is C14H10Cl2FNOS. The molecule has 104 valence electrons. The molecule has 2 rings (SSSR count). The monoisotopic (exact) mass is 329 g/mol. The molecule has 0 aliphatic carbocycles. The van der Waals surface area contributed by atoms with Crippen molar-refractivity contribution < 1.29 is 9.13 Å². The lowest BCUT2D eigenvalue weighted by atomic mass is 10.1. The Hall–Kier alpha value is -1.28. The fraction of sp³-hybridized carbons (Fsp3) is 0.214. The van der Waals surface area contributed by atoms with E-state index in [1.54, 1.807) is 11.3 Å². The van der Waals surface area contributed by atoms with Gasteiger partial charge < -0.3 is 4.74 Å². The summed E-state index contributed by atoms with van der Waals surface area (Å²) in [6.45, 7) is 0. The number of nitrogens with zero attached hydrogens (tertiary/aromatic N) is 1. The van der Waals surface area contributed by atoms with Crippen molar-refractivity contribution in [1.29, 1.82) is 5.26 Å². The van der Waals surface area contributed by atoms with Crippen LogP contribution in [0.5, 0.6) is 5.75 Å². The average Bonchev–Trinajstić information content (AvgIpc) is 2.96. The summed E-state index contributed by atoms with van der Waals surface area (Å²) in [6, 6.07) is 6.23. The van der Waals surface area contributed by atoms with Crippen LogP contribution in [0.15, 0.2) is 29.0 Å². The van der Waals surface area contributed by atoms with E-state index < -0.39 is 5.82 Å². The van der Waals surface area contributed by atoms with Gasteiger partial charge in [0.25, 0.3) is 0 Å². The molecule has 0 saturated heterocycles. The van der Waals surface area contributed by atoms with Crippen LogP contribution in [0.4, 0.5) is 4.39 Å². The van der Waals surface area contributed by atoms with Gasteiger partial charge in [-0.05, 0) is 22.9 Å². The first-order valence-corrected chi connectivity index (χ1v) is 7.65. The molecule has 2 nitrogen and oxygen atoms in total. The maximum absolute atomic E-state index is 13.3. The van der Waals surface area contributed by atoms with Crippen molar-refractivity contribution in [2.45, 2.75) is 12.5 Å². The van der Waals surface area contributed by atoms with Crippen LogP contribution in [-0.4, -0.2) is 5.88 Å². The molecule has 0 amide bonds. The summed E-state index contributed by atoms with van der Waals surface area (Å²) in [4.78, 5) is 0. The van der Waals surface area contributed by atoms with Crippen molar-refractivity contribution in [2.75, 3.05) is 5.88 Å². The van der Waals surface area contributed by atoms with Crippen LogP contribution < -0.4 is 4.74 Å². The van der Waals surface area contributed by atoms with Gasteiger partial charge in [-0.25, -0.2) is 4.39 Å². The Kier molecular flexibility index (Phi) is 5.24. The van der Waals surface area contributed by atoms with Crippen LogP contribution in [0.3, 0.4) is 0 Å². The second kappa shape index (κ2) is 6.94. The first-order valence-electron chi connectivity index (χ1n) is 5.79. The second-order valence-corrected chi connectivity index (χ2v) is 5.58. The number of benzene rings is 1. The fourth-order valence-corrected chi connectivity index (χ4v) is 2.77. The standard InChI is InChI=1S/C14H10Cl2FNOS/c15-3-1-13(9-2-4-20-8-9)19-14-6-11(16)12(17)5-10(14)7-18/h2,4-6,8,13H,1,3H2/t13-/m1/s1. The van der Waals surface area contributed by atoms with Gasteiger partial charge >= 0.3 is 0 Å². The van der Waals surface area contributed by atoms with Crippen molar-refractivity contribution in [3.05, 3.63) is 50.9 Å². The van der Waals surface area contributed by atoms with Gasteiger partial charge in [0.1, 0.15) is 23.7 Å². The summed E-state index contributed by atoms with van der Waals surface area (Å²) in [5.41, 5.74) is 1.08. The van der Waals surface area contributed by atoms with Gasteiger partial charge in [-0.3, -0.25) is 0 Å². The van der Waals surface area contributed by atoms with Crippen molar-refractivity contribution in [1.82, 2.24) is 0 Å². The Morgan fingerprint density at radius 2 is 2.25 bits per heavy atom. The highest BCUT2D eigenvalue weighted by Gasteiger charge is 2.17. The van der Waals surface area contributed by atoms with Crippen molar-refractivity contribution in [3.8, 4) is 11.8 Å². The third kappa shape index (κ3) is 3.43. The van der Waals surface area contributed by atoms with E-state index in [0.717, 1.165) is 11.6 Å². The highest BCUT2D eigenvalue weighted by Crippen LogP contribution is 2.32. The lowest BCUT2D eigenvalue weighted by Gasteiger charge is -2.18. The lowest BCUT2D eigenvalue weighted by Crippen LogP contribution is -2.08. The molecule has 1 aromatic carbocycles. The molecule has 0 radical (unpaired) electrons. The summed E-state index contributed by atoms with van der Waals surface area (Å²) in [6.07, 6.45) is 0.297. The molecule has 2 aromatic rings. The minimum atomic E-state index is -0.639. The molecule has 0 spiro atoms. The molecule has 0 aliphatic rings. The van der Waals surface area contributed by atoms with E-state index in [4.69, 9.17) is 33.2 Å². The largest absolute Gasteiger partial charge is 0.484 e. The number of ether oxygens (including phenoxy) is 1. The summed E-state index contributed by atoms with van der Waals surface area (Å²) < 4.78 is 19.2. The van der Waals surface area contributed by atoms with Crippen LogP contribution in [0.1, 0.15) is 23.7 Å². The van der Waals surface area contributed by atoms with Crippen molar-refractivity contribution in [3.63, 3.8) is 0 Å². The van der Waals surface area contributed by atoms with E-state index in [-0.39, 0.29) is 22.4 Å². The smallest absolute Gasteiger partial charge is 0.143 e. The van der Waals surface area contributed by atoms with Gasteiger partial charge in [0, 0.05) is 23.9 Å². The van der Waals surface area contributed by atoms with E-state index in [9.17, 15) is 4.39 Å². The van der Waals surface area contributed by atoms with Gasteiger partial charge in [-0.2, -0.15) is 16.6 Å². The van der Waals surface area contributed by atoms with Crippen molar-refractivity contribution in [2.24, 2.45) is 0 Å². The van der Waals surface area contributed by atoms with Crippen LogP contribution in [-0.2, 0) is 0 Å². The van der Waals surface area contributed by atoms with Crippen LogP contribution in [0.25, 0.3) is 0 Å². The van der Waals surface area contributed by atoms with Crippen LogP contribution in [0.2, 0.25) is 5.02 Å². The number of hydrogen-bond acceptors (Lipinski definition) is 3. The third-order valence-corrected chi connectivity index (χ3v) is 3.91.